The first-order valence-corrected chi connectivity index (χ1v) is 8.01. The van der Waals surface area contributed by atoms with Crippen molar-refractivity contribution in [1.82, 2.24) is 4.90 Å². The Hall–Kier alpha value is -1.02. The number of halogens is 2. The van der Waals surface area contributed by atoms with Crippen molar-refractivity contribution in [3.05, 3.63) is 26.8 Å². The highest BCUT2D eigenvalue weighted by molar-refractivity contribution is 14.1. The fourth-order valence-electron chi connectivity index (χ4n) is 1.77. The molecule has 0 aliphatic rings. The van der Waals surface area contributed by atoms with Gasteiger partial charge in [-0.15, -0.1) is 0 Å². The molecule has 1 aromatic carbocycles. The van der Waals surface area contributed by atoms with Crippen molar-refractivity contribution in [2.24, 2.45) is 0 Å². The van der Waals surface area contributed by atoms with E-state index in [1.165, 1.54) is 0 Å². The lowest BCUT2D eigenvalue weighted by Crippen LogP contribution is -2.40. The van der Waals surface area contributed by atoms with Gasteiger partial charge in [-0.2, -0.15) is 0 Å². The molecule has 7 heteroatoms. The van der Waals surface area contributed by atoms with Crippen LogP contribution in [-0.2, 0) is 4.79 Å². The van der Waals surface area contributed by atoms with Gasteiger partial charge >= 0.3 is 12.0 Å². The summed E-state index contributed by atoms with van der Waals surface area (Å²) in [6, 6.07) is 5.06. The maximum absolute atomic E-state index is 12.3. The van der Waals surface area contributed by atoms with Crippen molar-refractivity contribution in [3.8, 4) is 0 Å². The summed E-state index contributed by atoms with van der Waals surface area (Å²) < 4.78 is 0.984. The largest absolute Gasteiger partial charge is 0.481 e. The van der Waals surface area contributed by atoms with E-state index in [1.807, 2.05) is 19.9 Å². The van der Waals surface area contributed by atoms with Crippen LogP contribution in [0.2, 0.25) is 5.02 Å². The van der Waals surface area contributed by atoms with E-state index in [1.54, 1.807) is 17.0 Å². The first-order chi connectivity index (χ1) is 9.81. The average Bonchev–Trinajstić information content (AvgIpc) is 2.37. The van der Waals surface area contributed by atoms with E-state index in [0.717, 1.165) is 3.57 Å². The van der Waals surface area contributed by atoms with Crippen LogP contribution in [0.3, 0.4) is 0 Å². The Morgan fingerprint density at radius 1 is 1.43 bits per heavy atom. The van der Waals surface area contributed by atoms with Crippen LogP contribution in [0.5, 0.6) is 0 Å². The molecule has 0 saturated heterocycles. The first-order valence-electron chi connectivity index (χ1n) is 6.55. The van der Waals surface area contributed by atoms with Crippen LogP contribution in [0.25, 0.3) is 0 Å². The third-order valence-corrected chi connectivity index (χ3v) is 3.83. The van der Waals surface area contributed by atoms with Crippen molar-refractivity contribution in [2.45, 2.75) is 32.7 Å². The van der Waals surface area contributed by atoms with Gasteiger partial charge in [-0.05, 0) is 61.1 Å². The summed E-state index contributed by atoms with van der Waals surface area (Å²) in [7, 11) is 0. The van der Waals surface area contributed by atoms with Gasteiger partial charge in [-0.3, -0.25) is 4.79 Å². The van der Waals surface area contributed by atoms with Crippen molar-refractivity contribution in [1.29, 1.82) is 0 Å². The molecular weight excluding hydrogens is 407 g/mol. The monoisotopic (exact) mass is 424 g/mol. The van der Waals surface area contributed by atoms with Crippen LogP contribution < -0.4 is 5.32 Å². The van der Waals surface area contributed by atoms with Crippen LogP contribution in [0.15, 0.2) is 18.2 Å². The molecule has 0 spiro atoms. The SMILES string of the molecule is CC(C)N(CCCC(=O)O)C(=O)Nc1ccc(I)cc1Cl. The third-order valence-electron chi connectivity index (χ3n) is 2.85. The highest BCUT2D eigenvalue weighted by Crippen LogP contribution is 2.24. The van der Waals surface area contributed by atoms with Crippen LogP contribution in [0.4, 0.5) is 10.5 Å². The summed E-state index contributed by atoms with van der Waals surface area (Å²) in [6.07, 6.45) is 0.460. The number of nitrogens with one attached hydrogen (secondary N) is 1. The van der Waals surface area contributed by atoms with Crippen LogP contribution in [0.1, 0.15) is 26.7 Å². The number of carbonyl (C=O) groups is 2. The van der Waals surface area contributed by atoms with Gasteiger partial charge in [0, 0.05) is 22.6 Å². The molecule has 21 heavy (non-hydrogen) atoms. The molecule has 0 aromatic heterocycles. The normalized spacial score (nSPS) is 10.5. The van der Waals surface area contributed by atoms with E-state index >= 15 is 0 Å². The van der Waals surface area contributed by atoms with E-state index in [0.29, 0.717) is 23.7 Å². The summed E-state index contributed by atoms with van der Waals surface area (Å²) >= 11 is 8.23. The summed E-state index contributed by atoms with van der Waals surface area (Å²) in [5.41, 5.74) is 0.547. The van der Waals surface area contributed by atoms with E-state index in [4.69, 9.17) is 16.7 Å². The Kier molecular flexibility index (Phi) is 7.24. The average molecular weight is 425 g/mol. The van der Waals surface area contributed by atoms with E-state index in [9.17, 15) is 9.59 Å². The minimum atomic E-state index is -0.861. The van der Waals surface area contributed by atoms with Crippen molar-refractivity contribution in [3.63, 3.8) is 0 Å². The number of urea groups is 1. The van der Waals surface area contributed by atoms with Gasteiger partial charge in [-0.25, -0.2) is 4.79 Å². The molecule has 1 rings (SSSR count). The maximum Gasteiger partial charge on any atom is 0.322 e. The molecule has 0 unspecified atom stereocenters. The van der Waals surface area contributed by atoms with E-state index in [-0.39, 0.29) is 18.5 Å². The molecule has 0 radical (unpaired) electrons. The Bertz CT molecular complexity index is 523. The molecule has 0 heterocycles. The first kappa shape index (κ1) is 18.0. The summed E-state index contributed by atoms with van der Waals surface area (Å²) in [5.74, 6) is -0.861. The Morgan fingerprint density at radius 3 is 2.62 bits per heavy atom. The molecular formula is C14H18ClIN2O3. The summed E-state index contributed by atoms with van der Waals surface area (Å²) in [6.45, 7) is 4.16. The molecule has 116 valence electrons. The number of nitrogens with zero attached hydrogens (tertiary/aromatic N) is 1. The topological polar surface area (TPSA) is 69.6 Å². The molecule has 0 atom stereocenters. The molecule has 0 bridgehead atoms. The lowest BCUT2D eigenvalue weighted by Gasteiger charge is -2.27. The van der Waals surface area contributed by atoms with Gasteiger partial charge in [-0.1, -0.05) is 11.6 Å². The summed E-state index contributed by atoms with van der Waals surface area (Å²) in [4.78, 5) is 24.4. The fourth-order valence-corrected chi connectivity index (χ4v) is 2.68. The summed E-state index contributed by atoms with van der Waals surface area (Å²) in [5, 5.41) is 11.9. The number of hydrogen-bond donors (Lipinski definition) is 2. The van der Waals surface area contributed by atoms with E-state index < -0.39 is 5.97 Å². The number of anilines is 1. The smallest absolute Gasteiger partial charge is 0.322 e. The van der Waals surface area contributed by atoms with Gasteiger partial charge in [0.25, 0.3) is 0 Å². The predicted octanol–water partition coefficient (Wildman–Crippen LogP) is 4.05. The number of amides is 2. The lowest BCUT2D eigenvalue weighted by atomic mass is 10.2. The predicted molar refractivity (Wildman–Crippen MR) is 91.9 cm³/mol. The van der Waals surface area contributed by atoms with Gasteiger partial charge in [0.1, 0.15) is 0 Å². The number of rotatable bonds is 6. The molecule has 0 saturated carbocycles. The van der Waals surface area contributed by atoms with Crippen LogP contribution >= 0.6 is 34.2 Å². The van der Waals surface area contributed by atoms with Gasteiger partial charge in [0.15, 0.2) is 0 Å². The van der Waals surface area contributed by atoms with E-state index in [2.05, 4.69) is 27.9 Å². The lowest BCUT2D eigenvalue weighted by molar-refractivity contribution is -0.137. The molecule has 2 N–H and O–H groups in total. The third kappa shape index (κ3) is 6.09. The van der Waals surface area contributed by atoms with Gasteiger partial charge in [0.2, 0.25) is 0 Å². The highest BCUT2D eigenvalue weighted by atomic mass is 127. The number of carboxylic acid groups (broad SMARTS) is 1. The van der Waals surface area contributed by atoms with Crippen molar-refractivity contribution in [2.75, 3.05) is 11.9 Å². The highest BCUT2D eigenvalue weighted by Gasteiger charge is 2.18. The number of aliphatic carboxylic acids is 1. The second-order valence-electron chi connectivity index (χ2n) is 4.84. The number of benzene rings is 1. The van der Waals surface area contributed by atoms with Crippen molar-refractivity contribution < 1.29 is 14.7 Å². The molecule has 5 nitrogen and oxygen atoms in total. The zero-order valence-corrected chi connectivity index (χ0v) is 14.8. The standard InChI is InChI=1S/C14H18ClIN2O3/c1-9(2)18(7-3-4-13(19)20)14(21)17-12-6-5-10(16)8-11(12)15/h5-6,8-9H,3-4,7H2,1-2H3,(H,17,21)(H,19,20). The number of hydrogen-bond acceptors (Lipinski definition) is 2. The van der Waals surface area contributed by atoms with Crippen LogP contribution in [-0.4, -0.2) is 34.6 Å². The number of carbonyl (C=O) groups excluding carboxylic acids is 1. The second-order valence-corrected chi connectivity index (χ2v) is 6.49. The second kappa shape index (κ2) is 8.43. The van der Waals surface area contributed by atoms with Crippen molar-refractivity contribution >= 4 is 51.9 Å². The zero-order valence-electron chi connectivity index (χ0n) is 11.9. The van der Waals surface area contributed by atoms with Gasteiger partial charge < -0.3 is 15.3 Å². The van der Waals surface area contributed by atoms with Crippen LogP contribution in [0, 0.1) is 3.57 Å². The minimum Gasteiger partial charge on any atom is -0.481 e. The quantitative estimate of drug-likeness (QED) is 0.677. The Morgan fingerprint density at radius 2 is 2.10 bits per heavy atom. The Balaban J connectivity index is 2.70. The molecule has 0 aliphatic heterocycles. The minimum absolute atomic E-state index is 0.0265. The zero-order chi connectivity index (χ0) is 16.0. The Labute approximate surface area is 142 Å². The molecule has 0 aliphatic carbocycles. The molecule has 1 aromatic rings. The molecule has 0 fully saturated rings. The van der Waals surface area contributed by atoms with Gasteiger partial charge in [0.05, 0.1) is 10.7 Å². The molecule has 2 amide bonds. The number of carboxylic acids is 1. The maximum atomic E-state index is 12.3. The fraction of sp³-hybridized carbons (Fsp3) is 0.429.